The van der Waals surface area contributed by atoms with Gasteiger partial charge in [0.05, 0.1) is 16.6 Å². The maximum Gasteiger partial charge on any atom is 0.164 e. The highest BCUT2D eigenvalue weighted by Crippen LogP contribution is 2.32. The van der Waals surface area contributed by atoms with E-state index >= 15 is 0 Å². The Bertz CT molecular complexity index is 617. The molecule has 2 heterocycles. The van der Waals surface area contributed by atoms with Crippen molar-refractivity contribution in [1.82, 2.24) is 19.7 Å². The lowest BCUT2D eigenvalue weighted by Crippen LogP contribution is -2.23. The minimum Gasteiger partial charge on any atom is -0.383 e. The number of aromatic nitrogens is 4. The Hall–Kier alpha value is -1.65. The lowest BCUT2D eigenvalue weighted by atomic mass is 10.0. The summed E-state index contributed by atoms with van der Waals surface area (Å²) in [5.74, 6) is 1.29. The number of hydrogen-bond acceptors (Lipinski definition) is 4. The van der Waals surface area contributed by atoms with Gasteiger partial charge in [0.1, 0.15) is 12.1 Å². The van der Waals surface area contributed by atoms with Crippen molar-refractivity contribution in [2.75, 3.05) is 5.73 Å². The maximum atomic E-state index is 6.08. The van der Waals surface area contributed by atoms with E-state index in [1.54, 1.807) is 0 Å². The number of rotatable bonds is 2. The fourth-order valence-corrected chi connectivity index (χ4v) is 3.14. The van der Waals surface area contributed by atoms with Gasteiger partial charge in [-0.2, -0.15) is 5.10 Å². The van der Waals surface area contributed by atoms with Gasteiger partial charge in [-0.3, -0.25) is 0 Å². The molecule has 108 valence electrons. The van der Waals surface area contributed by atoms with E-state index in [-0.39, 0.29) is 5.54 Å². The molecule has 1 aliphatic rings. The predicted molar refractivity (Wildman–Crippen MR) is 80.4 cm³/mol. The molecule has 2 N–H and O–H groups in total. The molecular formula is C15H23N5. The summed E-state index contributed by atoms with van der Waals surface area (Å²) in [4.78, 5) is 8.56. The lowest BCUT2D eigenvalue weighted by Gasteiger charge is -2.19. The fourth-order valence-electron chi connectivity index (χ4n) is 3.14. The molecule has 1 aliphatic carbocycles. The monoisotopic (exact) mass is 273 g/mol. The van der Waals surface area contributed by atoms with Gasteiger partial charge in [-0.05, 0) is 33.1 Å². The number of hydrogen-bond donors (Lipinski definition) is 1. The minimum atomic E-state index is -0.104. The average molecular weight is 273 g/mol. The molecule has 0 spiro atoms. The smallest absolute Gasteiger partial charge is 0.164 e. The van der Waals surface area contributed by atoms with Crippen LogP contribution >= 0.6 is 0 Å². The molecule has 0 unspecified atom stereocenters. The van der Waals surface area contributed by atoms with E-state index in [0.29, 0.717) is 5.82 Å². The van der Waals surface area contributed by atoms with Crippen LogP contribution in [0.25, 0.3) is 11.0 Å². The van der Waals surface area contributed by atoms with Crippen molar-refractivity contribution in [2.24, 2.45) is 5.92 Å². The number of nitrogens with two attached hydrogens (primary N) is 1. The van der Waals surface area contributed by atoms with Crippen LogP contribution in [0.2, 0.25) is 0 Å². The Morgan fingerprint density at radius 1 is 1.25 bits per heavy atom. The van der Waals surface area contributed by atoms with E-state index < -0.39 is 0 Å². The first kappa shape index (κ1) is 13.3. The van der Waals surface area contributed by atoms with Crippen LogP contribution in [0.1, 0.15) is 52.1 Å². The third-order valence-electron chi connectivity index (χ3n) is 4.16. The van der Waals surface area contributed by atoms with Gasteiger partial charge < -0.3 is 5.73 Å². The quantitative estimate of drug-likeness (QED) is 0.913. The van der Waals surface area contributed by atoms with Gasteiger partial charge in [0.15, 0.2) is 5.65 Å². The van der Waals surface area contributed by atoms with Gasteiger partial charge in [-0.1, -0.05) is 25.7 Å². The summed E-state index contributed by atoms with van der Waals surface area (Å²) >= 11 is 0. The molecular weight excluding hydrogens is 250 g/mol. The molecule has 0 amide bonds. The second kappa shape index (κ2) is 4.72. The van der Waals surface area contributed by atoms with Crippen molar-refractivity contribution in [3.05, 3.63) is 12.0 Å². The van der Waals surface area contributed by atoms with Crippen LogP contribution in [0, 0.1) is 5.92 Å². The summed E-state index contributed by atoms with van der Waals surface area (Å²) < 4.78 is 1.99. The Labute approximate surface area is 119 Å². The van der Waals surface area contributed by atoms with Gasteiger partial charge in [-0.25, -0.2) is 14.6 Å². The first-order valence-electron chi connectivity index (χ1n) is 7.45. The van der Waals surface area contributed by atoms with Crippen molar-refractivity contribution in [3.8, 4) is 0 Å². The average Bonchev–Trinajstić information content (AvgIpc) is 2.97. The molecule has 3 rings (SSSR count). The van der Waals surface area contributed by atoms with E-state index in [2.05, 4.69) is 30.7 Å². The van der Waals surface area contributed by atoms with Crippen LogP contribution in [0.4, 0.5) is 5.82 Å². The van der Waals surface area contributed by atoms with E-state index in [4.69, 9.17) is 10.8 Å². The molecule has 2 aromatic heterocycles. The molecule has 0 aliphatic heterocycles. The van der Waals surface area contributed by atoms with E-state index in [1.165, 1.54) is 32.0 Å². The summed E-state index contributed by atoms with van der Waals surface area (Å²) in [5.41, 5.74) is 7.91. The highest BCUT2D eigenvalue weighted by atomic mass is 15.3. The van der Waals surface area contributed by atoms with Crippen LogP contribution in [0.15, 0.2) is 6.33 Å². The minimum absolute atomic E-state index is 0.104. The summed E-state index contributed by atoms with van der Waals surface area (Å²) in [6.45, 7) is 6.41. The SMILES string of the molecule is CC(C)(C)n1nc(CC2CCCC2)c2c(N)ncnc21. The molecule has 1 saturated carbocycles. The largest absolute Gasteiger partial charge is 0.383 e. The highest BCUT2D eigenvalue weighted by Gasteiger charge is 2.25. The first-order valence-corrected chi connectivity index (χ1v) is 7.45. The van der Waals surface area contributed by atoms with E-state index in [1.807, 2.05) is 4.68 Å². The van der Waals surface area contributed by atoms with Crippen molar-refractivity contribution in [1.29, 1.82) is 0 Å². The number of nitrogens with zero attached hydrogens (tertiary/aromatic N) is 4. The van der Waals surface area contributed by atoms with Gasteiger partial charge in [-0.15, -0.1) is 0 Å². The van der Waals surface area contributed by atoms with Gasteiger partial charge in [0.25, 0.3) is 0 Å². The number of anilines is 1. The zero-order valence-corrected chi connectivity index (χ0v) is 12.6. The van der Waals surface area contributed by atoms with Gasteiger partial charge >= 0.3 is 0 Å². The Morgan fingerprint density at radius 2 is 1.95 bits per heavy atom. The highest BCUT2D eigenvalue weighted by molar-refractivity contribution is 5.88. The molecule has 0 saturated heterocycles. The normalized spacial score (nSPS) is 17.1. The standard InChI is InChI=1S/C15H23N5/c1-15(2,3)20-14-12(13(16)17-9-18-14)11(19-20)8-10-6-4-5-7-10/h9-10H,4-8H2,1-3H3,(H2,16,17,18). The lowest BCUT2D eigenvalue weighted by molar-refractivity contribution is 0.361. The van der Waals surface area contributed by atoms with E-state index in [9.17, 15) is 0 Å². The Kier molecular flexibility index (Phi) is 3.15. The molecule has 0 atom stereocenters. The van der Waals surface area contributed by atoms with Gasteiger partial charge in [0, 0.05) is 0 Å². The summed E-state index contributed by atoms with van der Waals surface area (Å²) in [6, 6.07) is 0. The fraction of sp³-hybridized carbons (Fsp3) is 0.667. The summed E-state index contributed by atoms with van der Waals surface area (Å²) in [5, 5.41) is 5.77. The van der Waals surface area contributed by atoms with Crippen LogP contribution in [0.3, 0.4) is 0 Å². The zero-order chi connectivity index (χ0) is 14.3. The van der Waals surface area contributed by atoms with Crippen LogP contribution in [0.5, 0.6) is 0 Å². The molecule has 5 heteroatoms. The molecule has 0 aromatic carbocycles. The Morgan fingerprint density at radius 3 is 2.60 bits per heavy atom. The van der Waals surface area contributed by atoms with Crippen LogP contribution in [-0.4, -0.2) is 19.7 Å². The topological polar surface area (TPSA) is 69.6 Å². The Balaban J connectivity index is 2.11. The number of nitrogen functional groups attached to an aromatic ring is 1. The third-order valence-corrected chi connectivity index (χ3v) is 4.16. The van der Waals surface area contributed by atoms with Crippen molar-refractivity contribution < 1.29 is 0 Å². The predicted octanol–water partition coefficient (Wildman–Crippen LogP) is 2.90. The van der Waals surface area contributed by atoms with Crippen molar-refractivity contribution >= 4 is 16.9 Å². The second-order valence-corrected chi connectivity index (χ2v) is 6.84. The van der Waals surface area contributed by atoms with Gasteiger partial charge in [0.2, 0.25) is 0 Å². The number of fused-ring (bicyclic) bond motifs is 1. The first-order chi connectivity index (χ1) is 9.47. The molecule has 2 aromatic rings. The summed E-state index contributed by atoms with van der Waals surface area (Å²) in [6.07, 6.45) is 7.82. The summed E-state index contributed by atoms with van der Waals surface area (Å²) in [7, 11) is 0. The third kappa shape index (κ3) is 2.25. The van der Waals surface area contributed by atoms with E-state index in [0.717, 1.165) is 29.1 Å². The van der Waals surface area contributed by atoms with Crippen molar-refractivity contribution in [2.45, 2.75) is 58.4 Å². The second-order valence-electron chi connectivity index (χ2n) is 6.84. The molecule has 0 radical (unpaired) electrons. The van der Waals surface area contributed by atoms with Crippen molar-refractivity contribution in [3.63, 3.8) is 0 Å². The molecule has 20 heavy (non-hydrogen) atoms. The van der Waals surface area contributed by atoms with Crippen LogP contribution in [-0.2, 0) is 12.0 Å². The maximum absolute atomic E-state index is 6.08. The van der Waals surface area contributed by atoms with Crippen LogP contribution < -0.4 is 5.73 Å². The zero-order valence-electron chi connectivity index (χ0n) is 12.6. The molecule has 1 fully saturated rings. The molecule has 0 bridgehead atoms. The molecule has 5 nitrogen and oxygen atoms in total.